The van der Waals surface area contributed by atoms with E-state index in [2.05, 4.69) is 42.4 Å². The summed E-state index contributed by atoms with van der Waals surface area (Å²) in [4.78, 5) is 5.69. The predicted molar refractivity (Wildman–Crippen MR) is 94.4 cm³/mol. The molecule has 0 aliphatic heterocycles. The number of benzene rings is 1. The van der Waals surface area contributed by atoms with Crippen LogP contribution in [0.5, 0.6) is 0 Å². The van der Waals surface area contributed by atoms with Gasteiger partial charge in [-0.1, -0.05) is 35.5 Å². The Labute approximate surface area is 140 Å². The zero-order chi connectivity index (χ0) is 15.7. The summed E-state index contributed by atoms with van der Waals surface area (Å²) < 4.78 is 0. The van der Waals surface area contributed by atoms with E-state index in [1.807, 2.05) is 0 Å². The van der Waals surface area contributed by atoms with Gasteiger partial charge in [-0.2, -0.15) is 0 Å². The molecule has 2 nitrogen and oxygen atoms in total. The molecule has 4 saturated carbocycles. The Kier molecular flexibility index (Phi) is 4.17. The highest BCUT2D eigenvalue weighted by molar-refractivity contribution is 5.88. The van der Waals surface area contributed by atoms with E-state index in [-0.39, 0.29) is 0 Å². The number of oxime groups is 1. The van der Waals surface area contributed by atoms with Gasteiger partial charge in [0.1, 0.15) is 6.61 Å². The largest absolute Gasteiger partial charge is 0.396 e. The standard InChI is InChI=1S/C21H29NO/c1-16(22-23-9-5-8-17-6-3-2-4-7-17)21-13-18-10-19(14-21)12-20(11-18)15-21/h2-4,6-7,18-20H,5,8-15H2,1H3/b22-16-. The van der Waals surface area contributed by atoms with Crippen LogP contribution in [0, 0.1) is 23.2 Å². The highest BCUT2D eigenvalue weighted by Gasteiger charge is 2.52. The molecule has 1 aromatic rings. The molecule has 5 rings (SSSR count). The monoisotopic (exact) mass is 311 g/mol. The quantitative estimate of drug-likeness (QED) is 0.400. The highest BCUT2D eigenvalue weighted by atomic mass is 16.6. The Morgan fingerprint density at radius 3 is 2.26 bits per heavy atom. The fourth-order valence-electron chi connectivity index (χ4n) is 5.78. The number of nitrogens with zero attached hydrogens (tertiary/aromatic N) is 1. The van der Waals surface area contributed by atoms with E-state index in [1.54, 1.807) is 0 Å². The van der Waals surface area contributed by atoms with E-state index in [0.29, 0.717) is 5.41 Å². The molecule has 4 aliphatic carbocycles. The van der Waals surface area contributed by atoms with Crippen LogP contribution in [0.2, 0.25) is 0 Å². The molecule has 2 heteroatoms. The van der Waals surface area contributed by atoms with E-state index in [1.165, 1.54) is 49.8 Å². The Morgan fingerprint density at radius 2 is 1.65 bits per heavy atom. The minimum atomic E-state index is 0.397. The maximum Gasteiger partial charge on any atom is 0.117 e. The minimum Gasteiger partial charge on any atom is -0.396 e. The first-order valence-corrected chi connectivity index (χ1v) is 9.44. The molecule has 0 radical (unpaired) electrons. The molecule has 0 spiro atoms. The molecular weight excluding hydrogens is 282 g/mol. The molecule has 0 unspecified atom stereocenters. The average Bonchev–Trinajstić information content (AvgIpc) is 2.54. The zero-order valence-electron chi connectivity index (χ0n) is 14.3. The second kappa shape index (κ2) is 6.30. The van der Waals surface area contributed by atoms with Crippen molar-refractivity contribution in [2.24, 2.45) is 28.3 Å². The van der Waals surface area contributed by atoms with Crippen LogP contribution in [0.4, 0.5) is 0 Å². The Balaban J connectivity index is 1.29. The van der Waals surface area contributed by atoms with Gasteiger partial charge in [0.2, 0.25) is 0 Å². The van der Waals surface area contributed by atoms with Crippen molar-refractivity contribution in [3.8, 4) is 0 Å². The Morgan fingerprint density at radius 1 is 1.04 bits per heavy atom. The van der Waals surface area contributed by atoms with Gasteiger partial charge in [-0.25, -0.2) is 0 Å². The van der Waals surface area contributed by atoms with Crippen LogP contribution in [0.15, 0.2) is 35.5 Å². The molecule has 124 valence electrons. The number of hydrogen-bond acceptors (Lipinski definition) is 2. The molecule has 4 bridgehead atoms. The van der Waals surface area contributed by atoms with Crippen molar-refractivity contribution < 1.29 is 4.84 Å². The van der Waals surface area contributed by atoms with Gasteiger partial charge in [-0.15, -0.1) is 0 Å². The fourth-order valence-corrected chi connectivity index (χ4v) is 5.78. The lowest BCUT2D eigenvalue weighted by Crippen LogP contribution is -2.49. The van der Waals surface area contributed by atoms with Crippen LogP contribution in [0.1, 0.15) is 57.4 Å². The summed E-state index contributed by atoms with van der Waals surface area (Å²) in [6, 6.07) is 10.6. The van der Waals surface area contributed by atoms with Crippen LogP contribution in [0.25, 0.3) is 0 Å². The van der Waals surface area contributed by atoms with Gasteiger partial charge in [0.15, 0.2) is 0 Å². The third-order valence-electron chi connectivity index (χ3n) is 6.55. The van der Waals surface area contributed by atoms with Gasteiger partial charge in [0.25, 0.3) is 0 Å². The fraction of sp³-hybridized carbons (Fsp3) is 0.667. The molecular formula is C21H29NO. The van der Waals surface area contributed by atoms with Gasteiger partial charge in [0, 0.05) is 5.41 Å². The van der Waals surface area contributed by atoms with E-state index >= 15 is 0 Å². The van der Waals surface area contributed by atoms with Crippen LogP contribution in [-0.4, -0.2) is 12.3 Å². The summed E-state index contributed by atoms with van der Waals surface area (Å²) in [6.07, 6.45) is 10.7. The summed E-state index contributed by atoms with van der Waals surface area (Å²) in [7, 11) is 0. The third-order valence-corrected chi connectivity index (χ3v) is 6.55. The second-order valence-electron chi connectivity index (χ2n) is 8.30. The normalized spacial score (nSPS) is 35.5. The van der Waals surface area contributed by atoms with Crippen LogP contribution < -0.4 is 0 Å². The predicted octanol–water partition coefficient (Wildman–Crippen LogP) is 5.23. The smallest absolute Gasteiger partial charge is 0.117 e. The first-order valence-electron chi connectivity index (χ1n) is 9.44. The van der Waals surface area contributed by atoms with Gasteiger partial charge >= 0.3 is 0 Å². The molecule has 1 aromatic carbocycles. The van der Waals surface area contributed by atoms with Crippen LogP contribution in [0.3, 0.4) is 0 Å². The van der Waals surface area contributed by atoms with Gasteiger partial charge in [0.05, 0.1) is 5.71 Å². The molecule has 0 aromatic heterocycles. The van der Waals surface area contributed by atoms with Crippen molar-refractivity contribution in [2.75, 3.05) is 6.61 Å². The molecule has 23 heavy (non-hydrogen) atoms. The number of aryl methyl sites for hydroxylation is 1. The molecule has 4 aliphatic rings. The van der Waals surface area contributed by atoms with Crippen molar-refractivity contribution in [3.63, 3.8) is 0 Å². The molecule has 0 saturated heterocycles. The lowest BCUT2D eigenvalue weighted by Gasteiger charge is -2.56. The van der Waals surface area contributed by atoms with Gasteiger partial charge in [-0.05, 0) is 81.6 Å². The lowest BCUT2D eigenvalue weighted by molar-refractivity contribution is -0.0152. The first-order chi connectivity index (χ1) is 11.2. The van der Waals surface area contributed by atoms with Crippen molar-refractivity contribution in [1.82, 2.24) is 0 Å². The maximum atomic E-state index is 5.69. The zero-order valence-corrected chi connectivity index (χ0v) is 14.3. The summed E-state index contributed by atoms with van der Waals surface area (Å²) >= 11 is 0. The molecule has 0 heterocycles. The molecule has 0 N–H and O–H groups in total. The summed E-state index contributed by atoms with van der Waals surface area (Å²) in [5.41, 5.74) is 3.07. The van der Waals surface area contributed by atoms with E-state index in [9.17, 15) is 0 Å². The van der Waals surface area contributed by atoms with Crippen molar-refractivity contribution in [2.45, 2.75) is 58.3 Å². The lowest BCUT2D eigenvalue weighted by atomic mass is 9.48. The molecule has 0 atom stereocenters. The number of rotatable bonds is 6. The number of hydrogen-bond donors (Lipinski definition) is 0. The third kappa shape index (κ3) is 3.18. The second-order valence-corrected chi connectivity index (χ2v) is 8.30. The van der Waals surface area contributed by atoms with E-state index < -0.39 is 0 Å². The molecule has 0 amide bonds. The summed E-state index contributed by atoms with van der Waals surface area (Å²) in [6.45, 7) is 2.96. The Bertz CT molecular complexity index is 527. The minimum absolute atomic E-state index is 0.397. The topological polar surface area (TPSA) is 21.6 Å². The van der Waals surface area contributed by atoms with Gasteiger partial charge in [-0.3, -0.25) is 0 Å². The van der Waals surface area contributed by atoms with Crippen molar-refractivity contribution in [3.05, 3.63) is 35.9 Å². The van der Waals surface area contributed by atoms with E-state index in [4.69, 9.17) is 4.84 Å². The van der Waals surface area contributed by atoms with Crippen molar-refractivity contribution in [1.29, 1.82) is 0 Å². The Hall–Kier alpha value is -1.31. The van der Waals surface area contributed by atoms with Crippen LogP contribution >= 0.6 is 0 Å². The highest BCUT2D eigenvalue weighted by Crippen LogP contribution is 2.60. The molecule has 4 fully saturated rings. The first kappa shape index (κ1) is 15.2. The van der Waals surface area contributed by atoms with Gasteiger partial charge < -0.3 is 4.84 Å². The maximum absolute atomic E-state index is 5.69. The SMILES string of the molecule is C/C(=N/OCCCc1ccccc1)C12CC3CC(CC(C3)C1)C2. The summed E-state index contributed by atoms with van der Waals surface area (Å²) in [5.74, 6) is 2.93. The van der Waals surface area contributed by atoms with E-state index in [0.717, 1.165) is 37.2 Å². The van der Waals surface area contributed by atoms with Crippen molar-refractivity contribution >= 4 is 5.71 Å². The van der Waals surface area contributed by atoms with Crippen LogP contribution in [-0.2, 0) is 11.3 Å². The average molecular weight is 311 g/mol. The summed E-state index contributed by atoms with van der Waals surface area (Å²) in [5, 5.41) is 4.56.